The Morgan fingerprint density at radius 3 is 1.29 bits per heavy atom. The molecule has 2 unspecified atom stereocenters. The van der Waals surface area contributed by atoms with E-state index in [1.54, 1.807) is 38.1 Å². The molecule has 12 nitrogen and oxygen atoms in total. The lowest BCUT2D eigenvalue weighted by atomic mass is 9.95. The smallest absolute Gasteiger partial charge is 0.309 e. The second-order valence-electron chi connectivity index (χ2n) is 11.2. The van der Waals surface area contributed by atoms with Crippen molar-refractivity contribution in [3.63, 3.8) is 0 Å². The molecule has 1 aromatic rings. The first-order chi connectivity index (χ1) is 20.2. The molecule has 4 fully saturated rings. The quantitative estimate of drug-likeness (QED) is 0.328. The Morgan fingerprint density at radius 1 is 0.643 bits per heavy atom. The zero-order valence-corrected chi connectivity index (χ0v) is 24.2. The van der Waals surface area contributed by atoms with Gasteiger partial charge in [-0.05, 0) is 90.0 Å². The zero-order valence-electron chi connectivity index (χ0n) is 24.2. The molecule has 0 spiro atoms. The van der Waals surface area contributed by atoms with E-state index in [9.17, 15) is 28.8 Å². The van der Waals surface area contributed by atoms with Crippen molar-refractivity contribution in [2.24, 2.45) is 11.8 Å². The lowest BCUT2D eigenvalue weighted by molar-refractivity contribution is -0.150. The Bertz CT molecular complexity index is 1140. The first kappa shape index (κ1) is 29.8. The molecule has 4 saturated heterocycles. The van der Waals surface area contributed by atoms with E-state index in [4.69, 9.17) is 9.47 Å². The van der Waals surface area contributed by atoms with Crippen molar-refractivity contribution >= 4 is 46.9 Å². The van der Waals surface area contributed by atoms with Crippen molar-refractivity contribution in [2.75, 3.05) is 49.2 Å². The number of likely N-dealkylation sites (tertiary alicyclic amines) is 2. The summed E-state index contributed by atoms with van der Waals surface area (Å²) < 4.78 is 10.2. The standard InChI is InChI=1S/C30H38N4O8/c1-3-41-29(39)19-9-13-31(14-10-19)23-17-25(35)33(27(23)37)21-5-7-22(8-6-21)34-26(36)18-24(28(34)38)32-15-11-20(12-16-32)30(40)42-4-2/h5-8,19-20,23-24H,3-4,9-18H2,1-2H3. The molecule has 0 aliphatic carbocycles. The van der Waals surface area contributed by atoms with Crippen molar-refractivity contribution in [2.45, 2.75) is 64.5 Å². The van der Waals surface area contributed by atoms with Crippen LogP contribution in [0.5, 0.6) is 0 Å². The zero-order chi connectivity index (χ0) is 30.0. The fraction of sp³-hybridized carbons (Fsp3) is 0.600. The fourth-order valence-electron chi connectivity index (χ4n) is 6.51. The number of rotatable bonds is 8. The van der Waals surface area contributed by atoms with Gasteiger partial charge >= 0.3 is 11.9 Å². The summed E-state index contributed by atoms with van der Waals surface area (Å²) in [6.45, 7) is 6.33. The summed E-state index contributed by atoms with van der Waals surface area (Å²) in [4.78, 5) is 82.8. The van der Waals surface area contributed by atoms with Gasteiger partial charge in [0.2, 0.25) is 11.8 Å². The summed E-state index contributed by atoms with van der Waals surface area (Å²) in [7, 11) is 0. The maximum atomic E-state index is 13.3. The molecule has 42 heavy (non-hydrogen) atoms. The van der Waals surface area contributed by atoms with E-state index < -0.39 is 12.1 Å². The molecular weight excluding hydrogens is 544 g/mol. The molecule has 4 amide bonds. The highest BCUT2D eigenvalue weighted by atomic mass is 16.5. The maximum Gasteiger partial charge on any atom is 0.309 e. The topological polar surface area (TPSA) is 134 Å². The number of carbonyl (C=O) groups excluding carboxylic acids is 6. The summed E-state index contributed by atoms with van der Waals surface area (Å²) in [6, 6.07) is 5.16. The molecule has 0 saturated carbocycles. The first-order valence-electron chi connectivity index (χ1n) is 14.9. The largest absolute Gasteiger partial charge is 0.466 e. The van der Waals surface area contributed by atoms with Crippen molar-refractivity contribution < 1.29 is 38.2 Å². The van der Waals surface area contributed by atoms with Crippen molar-refractivity contribution in [1.29, 1.82) is 0 Å². The van der Waals surface area contributed by atoms with Crippen LogP contribution in [-0.4, -0.2) is 96.8 Å². The molecule has 12 heteroatoms. The molecule has 0 N–H and O–H groups in total. The number of amides is 4. The average Bonchev–Trinajstić information content (AvgIpc) is 3.46. The number of carbonyl (C=O) groups is 6. The minimum absolute atomic E-state index is 0.0578. The van der Waals surface area contributed by atoms with E-state index >= 15 is 0 Å². The molecule has 4 aliphatic rings. The van der Waals surface area contributed by atoms with Gasteiger partial charge in [0.05, 0.1) is 61.3 Å². The summed E-state index contributed by atoms with van der Waals surface area (Å²) in [5.74, 6) is -2.08. The van der Waals surface area contributed by atoms with Gasteiger partial charge in [0, 0.05) is 0 Å². The summed E-state index contributed by atoms with van der Waals surface area (Å²) >= 11 is 0. The van der Waals surface area contributed by atoms with Crippen LogP contribution in [0.2, 0.25) is 0 Å². The van der Waals surface area contributed by atoms with E-state index in [-0.39, 0.29) is 60.2 Å². The molecule has 5 rings (SSSR count). The minimum Gasteiger partial charge on any atom is -0.466 e. The molecular formula is C30H38N4O8. The lowest BCUT2D eigenvalue weighted by Crippen LogP contribution is -2.47. The molecule has 2 atom stereocenters. The predicted octanol–water partition coefficient (Wildman–Crippen LogP) is 1.50. The third-order valence-corrected chi connectivity index (χ3v) is 8.79. The molecule has 4 heterocycles. The van der Waals surface area contributed by atoms with Gasteiger partial charge in [0.15, 0.2) is 0 Å². The number of hydrogen-bond donors (Lipinski definition) is 0. The molecule has 4 aliphatic heterocycles. The highest BCUT2D eigenvalue weighted by Gasteiger charge is 2.46. The van der Waals surface area contributed by atoms with Crippen molar-refractivity contribution in [1.82, 2.24) is 9.80 Å². The Morgan fingerprint density at radius 2 is 0.976 bits per heavy atom. The van der Waals surface area contributed by atoms with Gasteiger partial charge in [-0.2, -0.15) is 0 Å². The number of benzene rings is 1. The molecule has 0 aromatic heterocycles. The SMILES string of the molecule is CCOC(=O)C1CCN(C2CC(=O)N(c3ccc(N4C(=O)CC(N5CCC(C(=O)OCC)CC5)C4=O)cc3)C2=O)CC1. The number of anilines is 2. The molecule has 1 aromatic carbocycles. The Kier molecular flexibility index (Phi) is 9.02. The van der Waals surface area contributed by atoms with Gasteiger partial charge in [-0.15, -0.1) is 0 Å². The van der Waals surface area contributed by atoms with Crippen molar-refractivity contribution in [3.05, 3.63) is 24.3 Å². The summed E-state index contributed by atoms with van der Waals surface area (Å²) in [6.07, 6.45) is 2.42. The summed E-state index contributed by atoms with van der Waals surface area (Å²) in [5.41, 5.74) is 0.767. The van der Waals surface area contributed by atoms with E-state index in [0.29, 0.717) is 76.5 Å². The van der Waals surface area contributed by atoms with Gasteiger partial charge < -0.3 is 9.47 Å². The van der Waals surface area contributed by atoms with E-state index in [1.807, 2.05) is 9.80 Å². The van der Waals surface area contributed by atoms with Gasteiger partial charge in [0.25, 0.3) is 11.8 Å². The van der Waals surface area contributed by atoms with Crippen LogP contribution in [0, 0.1) is 11.8 Å². The number of piperidine rings is 2. The fourth-order valence-corrected chi connectivity index (χ4v) is 6.51. The molecule has 0 bridgehead atoms. The number of imide groups is 2. The maximum absolute atomic E-state index is 13.3. The number of nitrogens with zero attached hydrogens (tertiary/aromatic N) is 4. The average molecular weight is 583 g/mol. The van der Waals surface area contributed by atoms with Crippen LogP contribution in [0.3, 0.4) is 0 Å². The van der Waals surface area contributed by atoms with Crippen LogP contribution in [0.25, 0.3) is 0 Å². The van der Waals surface area contributed by atoms with E-state index in [2.05, 4.69) is 0 Å². The van der Waals surface area contributed by atoms with Gasteiger partial charge in [-0.3, -0.25) is 38.6 Å². The summed E-state index contributed by atoms with van der Waals surface area (Å²) in [5, 5.41) is 0. The Hall–Kier alpha value is -3.64. The van der Waals surface area contributed by atoms with Gasteiger partial charge in [-0.1, -0.05) is 0 Å². The van der Waals surface area contributed by atoms with Crippen molar-refractivity contribution in [3.8, 4) is 0 Å². The number of hydrogen-bond acceptors (Lipinski definition) is 10. The Balaban J connectivity index is 1.19. The van der Waals surface area contributed by atoms with Crippen LogP contribution in [0.1, 0.15) is 52.4 Å². The third kappa shape index (κ3) is 5.82. The third-order valence-electron chi connectivity index (χ3n) is 8.79. The molecule has 226 valence electrons. The predicted molar refractivity (Wildman–Crippen MR) is 150 cm³/mol. The van der Waals surface area contributed by atoms with Crippen LogP contribution >= 0.6 is 0 Å². The highest BCUT2D eigenvalue weighted by molar-refractivity contribution is 6.24. The second kappa shape index (κ2) is 12.7. The second-order valence-corrected chi connectivity index (χ2v) is 11.2. The Labute approximate surface area is 244 Å². The molecule has 0 radical (unpaired) electrons. The van der Waals surface area contributed by atoms with Crippen LogP contribution in [-0.2, 0) is 38.2 Å². The number of esters is 2. The van der Waals surface area contributed by atoms with Crippen LogP contribution in [0.15, 0.2) is 24.3 Å². The van der Waals surface area contributed by atoms with Gasteiger partial charge in [0.1, 0.15) is 0 Å². The van der Waals surface area contributed by atoms with Crippen LogP contribution in [0.4, 0.5) is 11.4 Å². The van der Waals surface area contributed by atoms with E-state index in [0.717, 1.165) is 9.80 Å². The van der Waals surface area contributed by atoms with Gasteiger partial charge in [-0.25, -0.2) is 9.80 Å². The lowest BCUT2D eigenvalue weighted by Gasteiger charge is -2.33. The first-order valence-corrected chi connectivity index (χ1v) is 14.9. The normalized spacial score (nSPS) is 25.0. The minimum atomic E-state index is -0.587. The van der Waals surface area contributed by atoms with Crippen LogP contribution < -0.4 is 9.80 Å². The monoisotopic (exact) mass is 582 g/mol. The van der Waals surface area contributed by atoms with E-state index in [1.165, 1.54) is 0 Å². The number of ether oxygens (including phenoxy) is 2. The highest BCUT2D eigenvalue weighted by Crippen LogP contribution is 2.33.